The summed E-state index contributed by atoms with van der Waals surface area (Å²) in [6, 6.07) is 9.19. The van der Waals surface area contributed by atoms with Gasteiger partial charge in [-0.25, -0.2) is 0 Å². The lowest BCUT2D eigenvalue weighted by Crippen LogP contribution is -2.21. The van der Waals surface area contributed by atoms with Gasteiger partial charge in [-0.1, -0.05) is 32.0 Å². The van der Waals surface area contributed by atoms with Gasteiger partial charge in [-0.15, -0.1) is 0 Å². The van der Waals surface area contributed by atoms with Crippen LogP contribution in [0, 0.1) is 0 Å². The monoisotopic (exact) mass is 259 g/mol. The van der Waals surface area contributed by atoms with Crippen molar-refractivity contribution in [3.8, 4) is 0 Å². The first kappa shape index (κ1) is 14.1. The van der Waals surface area contributed by atoms with Gasteiger partial charge in [0.1, 0.15) is 0 Å². The summed E-state index contributed by atoms with van der Waals surface area (Å²) in [5.41, 5.74) is 2.73. The van der Waals surface area contributed by atoms with Crippen molar-refractivity contribution in [1.29, 1.82) is 0 Å². The van der Waals surface area contributed by atoms with Crippen LogP contribution in [0.15, 0.2) is 30.5 Å². The number of hydrogen-bond acceptors (Lipinski definition) is 2. The van der Waals surface area contributed by atoms with Gasteiger partial charge < -0.3 is 14.8 Å². The van der Waals surface area contributed by atoms with Crippen LogP contribution in [0.5, 0.6) is 0 Å². The lowest BCUT2D eigenvalue weighted by atomic mass is 10.2. The van der Waals surface area contributed by atoms with E-state index in [0.29, 0.717) is 6.04 Å². The highest BCUT2D eigenvalue weighted by Gasteiger charge is 2.08. The molecule has 0 amide bonds. The van der Waals surface area contributed by atoms with Crippen LogP contribution in [-0.4, -0.2) is 36.1 Å². The number of para-hydroxylation sites is 1. The van der Waals surface area contributed by atoms with Gasteiger partial charge in [0.15, 0.2) is 0 Å². The molecule has 0 bridgehead atoms. The molecule has 0 unspecified atom stereocenters. The van der Waals surface area contributed by atoms with Crippen molar-refractivity contribution in [1.82, 2.24) is 14.8 Å². The molecule has 3 nitrogen and oxygen atoms in total. The molecule has 1 heterocycles. The Balaban J connectivity index is 2.26. The maximum atomic E-state index is 3.51. The van der Waals surface area contributed by atoms with Crippen LogP contribution < -0.4 is 5.32 Å². The number of benzene rings is 1. The number of rotatable bonds is 6. The molecule has 1 N–H and O–H groups in total. The Morgan fingerprint density at radius 2 is 1.95 bits per heavy atom. The van der Waals surface area contributed by atoms with Crippen molar-refractivity contribution >= 4 is 10.9 Å². The zero-order valence-corrected chi connectivity index (χ0v) is 12.5. The van der Waals surface area contributed by atoms with E-state index in [0.717, 1.165) is 19.6 Å². The van der Waals surface area contributed by atoms with Gasteiger partial charge >= 0.3 is 0 Å². The first-order valence-corrected chi connectivity index (χ1v) is 7.03. The van der Waals surface area contributed by atoms with Gasteiger partial charge in [0.2, 0.25) is 0 Å². The zero-order chi connectivity index (χ0) is 13.8. The molecule has 0 fully saturated rings. The van der Waals surface area contributed by atoms with Crippen molar-refractivity contribution in [2.24, 2.45) is 0 Å². The largest absolute Gasteiger partial charge is 0.346 e. The molecule has 0 aliphatic rings. The van der Waals surface area contributed by atoms with Gasteiger partial charge in [-0.2, -0.15) is 0 Å². The normalized spacial score (nSPS) is 11.9. The molecule has 2 aromatic rings. The van der Waals surface area contributed by atoms with Crippen LogP contribution in [0.1, 0.15) is 19.4 Å². The predicted octanol–water partition coefficient (Wildman–Crippen LogP) is 2.70. The van der Waals surface area contributed by atoms with Crippen LogP contribution in [0.3, 0.4) is 0 Å². The van der Waals surface area contributed by atoms with Gasteiger partial charge in [-0.3, -0.25) is 0 Å². The van der Waals surface area contributed by atoms with E-state index in [1.165, 1.54) is 16.5 Å². The maximum Gasteiger partial charge on any atom is 0.0484 e. The van der Waals surface area contributed by atoms with E-state index in [1.807, 2.05) is 0 Å². The summed E-state index contributed by atoms with van der Waals surface area (Å²) in [5, 5.41) is 4.88. The number of aromatic nitrogens is 1. The molecule has 2 rings (SSSR count). The molecule has 0 saturated carbocycles. The fourth-order valence-electron chi connectivity index (χ4n) is 2.27. The zero-order valence-electron chi connectivity index (χ0n) is 12.5. The number of nitrogens with one attached hydrogen (secondary N) is 1. The highest BCUT2D eigenvalue weighted by molar-refractivity contribution is 5.83. The van der Waals surface area contributed by atoms with Crippen LogP contribution in [-0.2, 0) is 13.1 Å². The SMILES string of the molecule is CC(C)NCc1cn(CCN(C)C)c2ccccc12. The molecule has 0 aliphatic heterocycles. The summed E-state index contributed by atoms with van der Waals surface area (Å²) >= 11 is 0. The molecule has 0 aliphatic carbocycles. The van der Waals surface area contributed by atoms with Crippen molar-refractivity contribution < 1.29 is 0 Å². The number of hydrogen-bond donors (Lipinski definition) is 1. The standard InChI is InChI=1S/C16H25N3/c1-13(2)17-11-14-12-19(10-9-18(3)4)16-8-6-5-7-15(14)16/h5-8,12-13,17H,9-11H2,1-4H3. The third kappa shape index (κ3) is 3.58. The second kappa shape index (κ2) is 6.22. The third-order valence-corrected chi connectivity index (χ3v) is 3.36. The molecule has 19 heavy (non-hydrogen) atoms. The van der Waals surface area contributed by atoms with E-state index < -0.39 is 0 Å². The van der Waals surface area contributed by atoms with Crippen molar-refractivity contribution in [2.45, 2.75) is 33.0 Å². The Morgan fingerprint density at radius 3 is 2.63 bits per heavy atom. The molecule has 0 saturated heterocycles. The highest BCUT2D eigenvalue weighted by Crippen LogP contribution is 2.21. The molecular formula is C16H25N3. The lowest BCUT2D eigenvalue weighted by molar-refractivity contribution is 0.386. The smallest absolute Gasteiger partial charge is 0.0484 e. The number of nitrogens with zero attached hydrogens (tertiary/aromatic N) is 2. The maximum absolute atomic E-state index is 3.51. The van der Waals surface area contributed by atoms with Gasteiger partial charge in [0.25, 0.3) is 0 Å². The fraction of sp³-hybridized carbons (Fsp3) is 0.500. The lowest BCUT2D eigenvalue weighted by Gasteiger charge is -2.11. The topological polar surface area (TPSA) is 20.2 Å². The molecule has 1 aromatic heterocycles. The second-order valence-electron chi connectivity index (χ2n) is 5.70. The molecule has 1 aromatic carbocycles. The highest BCUT2D eigenvalue weighted by atomic mass is 15.1. The summed E-state index contributed by atoms with van der Waals surface area (Å²) in [6.45, 7) is 7.41. The van der Waals surface area contributed by atoms with Crippen LogP contribution in [0.2, 0.25) is 0 Å². The average molecular weight is 259 g/mol. The quantitative estimate of drug-likeness (QED) is 0.860. The first-order valence-electron chi connectivity index (χ1n) is 7.03. The summed E-state index contributed by atoms with van der Waals surface area (Å²) in [6.07, 6.45) is 2.30. The van der Waals surface area contributed by atoms with E-state index in [2.05, 4.69) is 73.2 Å². The summed E-state index contributed by atoms with van der Waals surface area (Å²) in [5.74, 6) is 0. The Morgan fingerprint density at radius 1 is 1.21 bits per heavy atom. The van der Waals surface area contributed by atoms with Crippen molar-refractivity contribution in [2.75, 3.05) is 20.6 Å². The predicted molar refractivity (Wildman–Crippen MR) is 82.5 cm³/mol. The number of fused-ring (bicyclic) bond motifs is 1. The van der Waals surface area contributed by atoms with E-state index in [4.69, 9.17) is 0 Å². The molecule has 104 valence electrons. The molecule has 0 radical (unpaired) electrons. The Labute approximate surface area is 116 Å². The van der Waals surface area contributed by atoms with Crippen molar-refractivity contribution in [3.05, 3.63) is 36.0 Å². The number of likely N-dealkylation sites (N-methyl/N-ethyl adjacent to an activating group) is 1. The first-order chi connectivity index (χ1) is 9.08. The summed E-state index contributed by atoms with van der Waals surface area (Å²) in [7, 11) is 4.24. The fourth-order valence-corrected chi connectivity index (χ4v) is 2.27. The van der Waals surface area contributed by atoms with E-state index >= 15 is 0 Å². The molecule has 3 heteroatoms. The minimum absolute atomic E-state index is 0.517. The van der Waals surface area contributed by atoms with Gasteiger partial charge in [0.05, 0.1) is 0 Å². The Hall–Kier alpha value is -1.32. The molecule has 0 atom stereocenters. The van der Waals surface area contributed by atoms with Crippen LogP contribution in [0.4, 0.5) is 0 Å². The Bertz CT molecular complexity index is 480. The molecule has 0 spiro atoms. The van der Waals surface area contributed by atoms with Crippen molar-refractivity contribution in [3.63, 3.8) is 0 Å². The van der Waals surface area contributed by atoms with Gasteiger partial charge in [-0.05, 0) is 25.7 Å². The average Bonchev–Trinajstić information content (AvgIpc) is 2.72. The van der Waals surface area contributed by atoms with Crippen LogP contribution in [0.25, 0.3) is 10.9 Å². The second-order valence-corrected chi connectivity index (χ2v) is 5.70. The Kier molecular flexibility index (Phi) is 4.61. The van der Waals surface area contributed by atoms with Crippen LogP contribution >= 0.6 is 0 Å². The molecular weight excluding hydrogens is 234 g/mol. The minimum atomic E-state index is 0.517. The summed E-state index contributed by atoms with van der Waals surface area (Å²) < 4.78 is 2.37. The third-order valence-electron chi connectivity index (χ3n) is 3.36. The minimum Gasteiger partial charge on any atom is -0.346 e. The van der Waals surface area contributed by atoms with Gasteiger partial charge in [0, 0.05) is 42.8 Å². The van der Waals surface area contributed by atoms with E-state index in [1.54, 1.807) is 0 Å². The van der Waals surface area contributed by atoms with E-state index in [9.17, 15) is 0 Å². The summed E-state index contributed by atoms with van der Waals surface area (Å²) in [4.78, 5) is 2.22. The van der Waals surface area contributed by atoms with E-state index in [-0.39, 0.29) is 0 Å².